The van der Waals surface area contributed by atoms with Crippen molar-refractivity contribution in [2.45, 2.75) is 13.0 Å². The number of amides is 2. The highest BCUT2D eigenvalue weighted by Gasteiger charge is 2.17. The molecule has 1 fully saturated rings. The number of methoxy groups -OCH3 is 1. The van der Waals surface area contributed by atoms with E-state index in [1.807, 2.05) is 42.5 Å². The third-order valence-corrected chi connectivity index (χ3v) is 5.25. The lowest BCUT2D eigenvalue weighted by Crippen LogP contribution is -2.47. The zero-order valence-electron chi connectivity index (χ0n) is 17.5. The van der Waals surface area contributed by atoms with E-state index in [0.29, 0.717) is 13.1 Å². The standard InChI is InChI=1S/C23H30N4O3/c1-30-21-10-8-20(9-11-21)27-16-14-26(15-17-27)13-5-12-24-22(28)23(29)25-18-19-6-3-2-4-7-19/h2-4,6-11H,5,12-18H2,1H3,(H,24,28)(H,25,29). The SMILES string of the molecule is COc1ccc(N2CCN(CCCNC(=O)C(=O)NCc3ccccc3)CC2)cc1. The number of benzene rings is 2. The topological polar surface area (TPSA) is 73.9 Å². The van der Waals surface area contributed by atoms with E-state index in [1.54, 1.807) is 7.11 Å². The summed E-state index contributed by atoms with van der Waals surface area (Å²) < 4.78 is 5.21. The molecule has 0 atom stereocenters. The summed E-state index contributed by atoms with van der Waals surface area (Å²) in [5, 5.41) is 5.35. The van der Waals surface area contributed by atoms with E-state index in [0.717, 1.165) is 50.5 Å². The quantitative estimate of drug-likeness (QED) is 0.511. The van der Waals surface area contributed by atoms with Crippen LogP contribution in [0.5, 0.6) is 5.75 Å². The molecule has 1 aliphatic heterocycles. The summed E-state index contributed by atoms with van der Waals surface area (Å²) in [6.07, 6.45) is 0.820. The molecule has 1 aliphatic rings. The first kappa shape index (κ1) is 21.6. The van der Waals surface area contributed by atoms with Crippen molar-refractivity contribution < 1.29 is 14.3 Å². The summed E-state index contributed by atoms with van der Waals surface area (Å²) in [5.74, 6) is -0.296. The Morgan fingerprint density at radius 3 is 2.23 bits per heavy atom. The summed E-state index contributed by atoms with van der Waals surface area (Å²) in [7, 11) is 1.67. The lowest BCUT2D eigenvalue weighted by atomic mass is 10.2. The van der Waals surface area contributed by atoms with Gasteiger partial charge in [0.2, 0.25) is 0 Å². The molecule has 2 N–H and O–H groups in total. The summed E-state index contributed by atoms with van der Waals surface area (Å²) in [4.78, 5) is 28.5. The number of carbonyl (C=O) groups excluding carboxylic acids is 2. The molecule has 3 rings (SSSR count). The lowest BCUT2D eigenvalue weighted by Gasteiger charge is -2.36. The average Bonchev–Trinajstić information content (AvgIpc) is 2.81. The summed E-state index contributed by atoms with van der Waals surface area (Å²) in [5.41, 5.74) is 2.18. The van der Waals surface area contributed by atoms with Gasteiger partial charge in [0.1, 0.15) is 5.75 Å². The van der Waals surface area contributed by atoms with Gasteiger partial charge < -0.3 is 20.3 Å². The van der Waals surface area contributed by atoms with Gasteiger partial charge in [0.05, 0.1) is 7.11 Å². The monoisotopic (exact) mass is 410 g/mol. The van der Waals surface area contributed by atoms with E-state index in [2.05, 4.69) is 32.6 Å². The summed E-state index contributed by atoms with van der Waals surface area (Å²) in [6, 6.07) is 17.7. The molecule has 30 heavy (non-hydrogen) atoms. The first-order valence-corrected chi connectivity index (χ1v) is 10.4. The minimum Gasteiger partial charge on any atom is -0.497 e. The molecule has 0 radical (unpaired) electrons. The van der Waals surface area contributed by atoms with Crippen molar-refractivity contribution in [2.24, 2.45) is 0 Å². The molecule has 0 saturated carbocycles. The van der Waals surface area contributed by atoms with Gasteiger partial charge in [-0.25, -0.2) is 0 Å². The van der Waals surface area contributed by atoms with Gasteiger partial charge in [0, 0.05) is 45.0 Å². The molecular formula is C23H30N4O3. The number of hydrogen-bond acceptors (Lipinski definition) is 5. The summed E-state index contributed by atoms with van der Waals surface area (Å²) >= 11 is 0. The van der Waals surface area contributed by atoms with Crippen LogP contribution in [-0.4, -0.2) is 63.1 Å². The second-order valence-electron chi connectivity index (χ2n) is 7.30. The molecule has 1 heterocycles. The number of nitrogens with one attached hydrogen (secondary N) is 2. The van der Waals surface area contributed by atoms with E-state index in [4.69, 9.17) is 4.74 Å². The maximum absolute atomic E-state index is 11.9. The van der Waals surface area contributed by atoms with Crippen LogP contribution in [0.3, 0.4) is 0 Å². The molecule has 0 spiro atoms. The van der Waals surface area contributed by atoms with E-state index >= 15 is 0 Å². The number of piperazine rings is 1. The minimum absolute atomic E-state index is 0.353. The molecule has 1 saturated heterocycles. The third-order valence-electron chi connectivity index (χ3n) is 5.25. The molecule has 2 amide bonds. The molecule has 2 aromatic carbocycles. The van der Waals surface area contributed by atoms with Crippen molar-refractivity contribution in [3.8, 4) is 5.75 Å². The Kier molecular flexibility index (Phi) is 8.09. The van der Waals surface area contributed by atoms with Crippen LogP contribution in [0, 0.1) is 0 Å². The molecule has 0 aliphatic carbocycles. The van der Waals surface area contributed by atoms with Crippen molar-refractivity contribution in [1.82, 2.24) is 15.5 Å². The van der Waals surface area contributed by atoms with E-state index in [9.17, 15) is 9.59 Å². The van der Waals surface area contributed by atoms with Crippen molar-refractivity contribution >= 4 is 17.5 Å². The maximum atomic E-state index is 11.9. The van der Waals surface area contributed by atoms with Crippen molar-refractivity contribution in [3.63, 3.8) is 0 Å². The van der Waals surface area contributed by atoms with Crippen LogP contribution in [0.2, 0.25) is 0 Å². The van der Waals surface area contributed by atoms with Crippen LogP contribution in [0.4, 0.5) is 5.69 Å². The van der Waals surface area contributed by atoms with Crippen molar-refractivity contribution in [3.05, 3.63) is 60.2 Å². The molecule has 160 valence electrons. The Balaban J connectivity index is 1.28. The van der Waals surface area contributed by atoms with E-state index in [-0.39, 0.29) is 0 Å². The van der Waals surface area contributed by atoms with Gasteiger partial charge in [0.15, 0.2) is 0 Å². The molecule has 2 aromatic rings. The second-order valence-corrected chi connectivity index (χ2v) is 7.30. The Morgan fingerprint density at radius 1 is 0.900 bits per heavy atom. The van der Waals surface area contributed by atoms with Gasteiger partial charge in [-0.3, -0.25) is 14.5 Å². The molecule has 7 heteroatoms. The van der Waals surface area contributed by atoms with Gasteiger partial charge in [-0.1, -0.05) is 30.3 Å². The Bertz CT molecular complexity index is 803. The Labute approximate surface area is 178 Å². The van der Waals surface area contributed by atoms with Gasteiger partial charge in [-0.15, -0.1) is 0 Å². The van der Waals surface area contributed by atoms with Gasteiger partial charge >= 0.3 is 11.8 Å². The van der Waals surface area contributed by atoms with Crippen molar-refractivity contribution in [2.75, 3.05) is 51.3 Å². The highest BCUT2D eigenvalue weighted by molar-refractivity contribution is 6.35. The smallest absolute Gasteiger partial charge is 0.309 e. The van der Waals surface area contributed by atoms with E-state index < -0.39 is 11.8 Å². The third kappa shape index (κ3) is 6.49. The predicted molar refractivity (Wildman–Crippen MR) is 118 cm³/mol. The first-order chi connectivity index (χ1) is 14.7. The van der Waals surface area contributed by atoms with Crippen LogP contribution in [0.25, 0.3) is 0 Å². The number of carbonyl (C=O) groups is 2. The first-order valence-electron chi connectivity index (χ1n) is 10.4. The van der Waals surface area contributed by atoms with Crippen LogP contribution in [-0.2, 0) is 16.1 Å². The van der Waals surface area contributed by atoms with Gasteiger partial charge in [-0.05, 0) is 42.8 Å². The number of hydrogen-bond donors (Lipinski definition) is 2. The zero-order valence-corrected chi connectivity index (χ0v) is 17.5. The fourth-order valence-corrected chi connectivity index (χ4v) is 3.47. The summed E-state index contributed by atoms with van der Waals surface area (Å²) in [6.45, 7) is 5.67. The average molecular weight is 411 g/mol. The zero-order chi connectivity index (χ0) is 21.2. The number of nitrogens with zero attached hydrogens (tertiary/aromatic N) is 2. The lowest BCUT2D eigenvalue weighted by molar-refractivity contribution is -0.139. The molecule has 0 unspecified atom stereocenters. The van der Waals surface area contributed by atoms with Crippen LogP contribution in [0.15, 0.2) is 54.6 Å². The van der Waals surface area contributed by atoms with Gasteiger partial charge in [-0.2, -0.15) is 0 Å². The van der Waals surface area contributed by atoms with E-state index in [1.165, 1.54) is 5.69 Å². The van der Waals surface area contributed by atoms with Crippen LogP contribution in [0.1, 0.15) is 12.0 Å². The highest BCUT2D eigenvalue weighted by Crippen LogP contribution is 2.20. The normalized spacial score (nSPS) is 14.2. The van der Waals surface area contributed by atoms with Crippen LogP contribution >= 0.6 is 0 Å². The molecule has 0 bridgehead atoms. The highest BCUT2D eigenvalue weighted by atomic mass is 16.5. The Hall–Kier alpha value is -3.06. The Morgan fingerprint density at radius 2 is 1.57 bits per heavy atom. The minimum atomic E-state index is -0.591. The molecule has 7 nitrogen and oxygen atoms in total. The van der Waals surface area contributed by atoms with Crippen LogP contribution < -0.4 is 20.3 Å². The fourth-order valence-electron chi connectivity index (χ4n) is 3.47. The number of anilines is 1. The largest absolute Gasteiger partial charge is 0.497 e. The number of rotatable bonds is 8. The second kappa shape index (κ2) is 11.2. The molecule has 0 aromatic heterocycles. The van der Waals surface area contributed by atoms with Crippen molar-refractivity contribution in [1.29, 1.82) is 0 Å². The fraction of sp³-hybridized carbons (Fsp3) is 0.391. The van der Waals surface area contributed by atoms with Gasteiger partial charge in [0.25, 0.3) is 0 Å². The predicted octanol–water partition coefficient (Wildman–Crippen LogP) is 1.64. The number of ether oxygens (including phenoxy) is 1. The maximum Gasteiger partial charge on any atom is 0.309 e. The molecular weight excluding hydrogens is 380 g/mol.